The summed E-state index contributed by atoms with van der Waals surface area (Å²) in [6, 6.07) is 15.9. The Morgan fingerprint density at radius 2 is 1.78 bits per heavy atom. The third kappa shape index (κ3) is 2.96. The minimum Gasteiger partial charge on any atom is -0.326 e. The number of nitrogens with one attached hydrogen (secondary N) is 1. The van der Waals surface area contributed by atoms with E-state index in [1.165, 1.54) is 6.92 Å². The number of carbonyl (C=O) groups excluding carboxylic acids is 1. The number of hydrogen-bond donors (Lipinski definition) is 2. The van der Waals surface area contributed by atoms with E-state index in [4.69, 9.17) is 5.73 Å². The highest BCUT2D eigenvalue weighted by Gasteiger charge is 2.01. The summed E-state index contributed by atoms with van der Waals surface area (Å²) in [5.74, 6) is -0.0668. The summed E-state index contributed by atoms with van der Waals surface area (Å²) in [7, 11) is 0. The number of rotatable bonds is 3. The molecule has 0 aromatic heterocycles. The Balaban J connectivity index is 2.34. The van der Waals surface area contributed by atoms with Gasteiger partial charge in [0.15, 0.2) is 0 Å². The number of anilines is 1. The van der Waals surface area contributed by atoms with E-state index in [2.05, 4.69) is 11.4 Å². The fourth-order valence-electron chi connectivity index (χ4n) is 1.86. The molecule has 2 aromatic carbocycles. The van der Waals surface area contributed by atoms with Crippen molar-refractivity contribution in [2.45, 2.75) is 13.5 Å². The van der Waals surface area contributed by atoms with Crippen molar-refractivity contribution in [1.29, 1.82) is 0 Å². The Morgan fingerprint density at radius 1 is 1.11 bits per heavy atom. The van der Waals surface area contributed by atoms with Crippen molar-refractivity contribution in [2.75, 3.05) is 5.32 Å². The first-order valence-electron chi connectivity index (χ1n) is 5.86. The van der Waals surface area contributed by atoms with Gasteiger partial charge in [-0.25, -0.2) is 0 Å². The lowest BCUT2D eigenvalue weighted by Gasteiger charge is -2.07. The third-order valence-corrected chi connectivity index (χ3v) is 2.68. The maximum atomic E-state index is 11.0. The van der Waals surface area contributed by atoms with Crippen molar-refractivity contribution in [2.24, 2.45) is 5.73 Å². The molecule has 2 rings (SSSR count). The van der Waals surface area contributed by atoms with E-state index >= 15 is 0 Å². The van der Waals surface area contributed by atoms with E-state index in [0.717, 1.165) is 22.4 Å². The minimum atomic E-state index is -0.0668. The van der Waals surface area contributed by atoms with Gasteiger partial charge in [-0.1, -0.05) is 30.3 Å². The van der Waals surface area contributed by atoms with Crippen LogP contribution in [0.1, 0.15) is 12.5 Å². The molecule has 3 N–H and O–H groups in total. The van der Waals surface area contributed by atoms with Crippen LogP contribution in [0.3, 0.4) is 0 Å². The first-order valence-corrected chi connectivity index (χ1v) is 5.86. The van der Waals surface area contributed by atoms with Crippen LogP contribution < -0.4 is 11.1 Å². The Hall–Kier alpha value is -2.13. The molecule has 0 radical (unpaired) electrons. The van der Waals surface area contributed by atoms with Crippen LogP contribution in [0.25, 0.3) is 11.1 Å². The van der Waals surface area contributed by atoms with Crippen LogP contribution in [0.5, 0.6) is 0 Å². The minimum absolute atomic E-state index is 0.0668. The van der Waals surface area contributed by atoms with E-state index in [0.29, 0.717) is 6.54 Å². The van der Waals surface area contributed by atoms with Crippen LogP contribution in [-0.4, -0.2) is 5.91 Å². The zero-order chi connectivity index (χ0) is 13.0. The Bertz CT molecular complexity index is 564. The predicted molar refractivity (Wildman–Crippen MR) is 74.1 cm³/mol. The average molecular weight is 240 g/mol. The van der Waals surface area contributed by atoms with Gasteiger partial charge in [0.25, 0.3) is 0 Å². The highest BCUT2D eigenvalue weighted by Crippen LogP contribution is 2.23. The summed E-state index contributed by atoms with van der Waals surface area (Å²) >= 11 is 0. The largest absolute Gasteiger partial charge is 0.326 e. The molecule has 1 amide bonds. The Kier molecular flexibility index (Phi) is 3.75. The molecule has 3 nitrogen and oxygen atoms in total. The molecule has 0 fully saturated rings. The molecule has 0 aliphatic carbocycles. The van der Waals surface area contributed by atoms with Gasteiger partial charge in [-0.15, -0.1) is 0 Å². The molecular formula is C15H16N2O. The topological polar surface area (TPSA) is 55.1 Å². The van der Waals surface area contributed by atoms with Crippen molar-refractivity contribution in [3.63, 3.8) is 0 Å². The van der Waals surface area contributed by atoms with Gasteiger partial charge in [0.2, 0.25) is 5.91 Å². The summed E-state index contributed by atoms with van der Waals surface area (Å²) in [4.78, 5) is 11.0. The number of nitrogens with two attached hydrogens (primary N) is 1. The van der Waals surface area contributed by atoms with Gasteiger partial charge in [-0.2, -0.15) is 0 Å². The molecule has 0 saturated heterocycles. The van der Waals surface area contributed by atoms with Gasteiger partial charge >= 0.3 is 0 Å². The lowest BCUT2D eigenvalue weighted by atomic mass is 10.0. The smallest absolute Gasteiger partial charge is 0.221 e. The van der Waals surface area contributed by atoms with Gasteiger partial charge in [0.05, 0.1) is 0 Å². The fraction of sp³-hybridized carbons (Fsp3) is 0.133. The Labute approximate surface area is 107 Å². The molecule has 0 bridgehead atoms. The van der Waals surface area contributed by atoms with Crippen molar-refractivity contribution < 1.29 is 4.79 Å². The quantitative estimate of drug-likeness (QED) is 0.866. The normalized spacial score (nSPS) is 10.1. The molecule has 0 aliphatic rings. The van der Waals surface area contributed by atoms with Gasteiger partial charge < -0.3 is 11.1 Å². The van der Waals surface area contributed by atoms with Crippen molar-refractivity contribution in [1.82, 2.24) is 0 Å². The summed E-state index contributed by atoms with van der Waals surface area (Å²) in [5, 5.41) is 2.78. The number of amides is 1. The van der Waals surface area contributed by atoms with Crippen molar-refractivity contribution >= 4 is 11.6 Å². The zero-order valence-electron chi connectivity index (χ0n) is 10.3. The third-order valence-electron chi connectivity index (χ3n) is 2.68. The van der Waals surface area contributed by atoms with Crippen LogP contribution in [0.15, 0.2) is 48.5 Å². The first-order chi connectivity index (χ1) is 8.69. The van der Waals surface area contributed by atoms with Crippen LogP contribution in [-0.2, 0) is 11.3 Å². The Morgan fingerprint density at radius 3 is 2.44 bits per heavy atom. The van der Waals surface area contributed by atoms with Gasteiger partial charge in [-0.05, 0) is 34.9 Å². The van der Waals surface area contributed by atoms with Crippen LogP contribution in [0.4, 0.5) is 5.69 Å². The van der Waals surface area contributed by atoms with Crippen LogP contribution in [0.2, 0.25) is 0 Å². The standard InChI is InChI=1S/C15H16N2O/c1-11(18)17-15-7-3-6-14(9-15)13-5-2-4-12(8-13)10-16/h2-9H,10,16H2,1H3,(H,17,18). The first kappa shape index (κ1) is 12.3. The maximum absolute atomic E-state index is 11.0. The predicted octanol–water partition coefficient (Wildman–Crippen LogP) is 2.77. The molecule has 0 unspecified atom stereocenters. The molecule has 92 valence electrons. The summed E-state index contributed by atoms with van der Waals surface area (Å²) in [6.07, 6.45) is 0. The molecular weight excluding hydrogens is 224 g/mol. The maximum Gasteiger partial charge on any atom is 0.221 e. The number of benzene rings is 2. The lowest BCUT2D eigenvalue weighted by Crippen LogP contribution is -2.05. The van der Waals surface area contributed by atoms with E-state index in [1.807, 2.05) is 42.5 Å². The summed E-state index contributed by atoms with van der Waals surface area (Å²) in [5.41, 5.74) is 9.70. The van der Waals surface area contributed by atoms with Crippen molar-refractivity contribution in [3.8, 4) is 11.1 Å². The van der Waals surface area contributed by atoms with Crippen molar-refractivity contribution in [3.05, 3.63) is 54.1 Å². The van der Waals surface area contributed by atoms with Gasteiger partial charge in [0.1, 0.15) is 0 Å². The molecule has 0 spiro atoms. The second-order valence-electron chi connectivity index (χ2n) is 4.17. The average Bonchev–Trinajstić information content (AvgIpc) is 2.38. The van der Waals surface area contributed by atoms with Crippen LogP contribution in [0, 0.1) is 0 Å². The molecule has 3 heteroatoms. The molecule has 0 aliphatic heterocycles. The number of hydrogen-bond acceptors (Lipinski definition) is 2. The molecule has 0 saturated carbocycles. The van der Waals surface area contributed by atoms with E-state index < -0.39 is 0 Å². The molecule has 18 heavy (non-hydrogen) atoms. The summed E-state index contributed by atoms with van der Waals surface area (Å²) in [6.45, 7) is 2.03. The van der Waals surface area contributed by atoms with E-state index in [-0.39, 0.29) is 5.91 Å². The second kappa shape index (κ2) is 5.47. The zero-order valence-corrected chi connectivity index (χ0v) is 10.3. The van der Waals surface area contributed by atoms with E-state index in [9.17, 15) is 4.79 Å². The fourth-order valence-corrected chi connectivity index (χ4v) is 1.86. The highest BCUT2D eigenvalue weighted by molar-refractivity contribution is 5.89. The monoisotopic (exact) mass is 240 g/mol. The highest BCUT2D eigenvalue weighted by atomic mass is 16.1. The van der Waals surface area contributed by atoms with Crippen LogP contribution >= 0.6 is 0 Å². The molecule has 0 heterocycles. The van der Waals surface area contributed by atoms with E-state index in [1.54, 1.807) is 0 Å². The second-order valence-corrected chi connectivity index (χ2v) is 4.17. The van der Waals surface area contributed by atoms with Gasteiger partial charge in [0, 0.05) is 19.2 Å². The molecule has 2 aromatic rings. The number of carbonyl (C=O) groups is 1. The summed E-state index contributed by atoms with van der Waals surface area (Å²) < 4.78 is 0. The molecule has 0 atom stereocenters. The lowest BCUT2D eigenvalue weighted by molar-refractivity contribution is -0.114. The van der Waals surface area contributed by atoms with Gasteiger partial charge in [-0.3, -0.25) is 4.79 Å². The SMILES string of the molecule is CC(=O)Nc1cccc(-c2cccc(CN)c2)c1.